The third-order valence-electron chi connectivity index (χ3n) is 3.04. The highest BCUT2D eigenvalue weighted by Gasteiger charge is 2.30. The molecule has 2 aromatic carbocycles. The number of hydrazine groups is 1. The fourth-order valence-electron chi connectivity index (χ4n) is 1.83. The van der Waals surface area contributed by atoms with Gasteiger partial charge in [0.15, 0.2) is 13.2 Å². The summed E-state index contributed by atoms with van der Waals surface area (Å²) in [5.74, 6) is -1.17. The predicted molar refractivity (Wildman–Crippen MR) is 90.2 cm³/mol. The Bertz CT molecular complexity index is 815. The van der Waals surface area contributed by atoms with Crippen LogP contribution < -0.4 is 20.3 Å². The first-order chi connectivity index (χ1) is 12.7. The maximum atomic E-state index is 12.6. The van der Waals surface area contributed by atoms with Gasteiger partial charge in [-0.25, -0.2) is 0 Å². The molecule has 2 rings (SSSR count). The number of alkyl halides is 3. The van der Waals surface area contributed by atoms with E-state index in [2.05, 4.69) is 10.9 Å². The molecule has 0 fully saturated rings. The average Bonchev–Trinajstić information content (AvgIpc) is 2.62. The maximum absolute atomic E-state index is 12.6. The fourth-order valence-corrected chi connectivity index (χ4v) is 2.01. The SMILES string of the molecule is O=C(COc1cccc(Cl)c1)NNC(=O)COc1cccc(C(F)(F)F)c1. The monoisotopic (exact) mass is 402 g/mol. The first-order valence-electron chi connectivity index (χ1n) is 7.50. The Morgan fingerprint density at radius 1 is 0.889 bits per heavy atom. The molecule has 0 aliphatic heterocycles. The molecule has 10 heteroatoms. The summed E-state index contributed by atoms with van der Waals surface area (Å²) in [5, 5.41) is 0.438. The van der Waals surface area contributed by atoms with Gasteiger partial charge in [-0.2, -0.15) is 13.2 Å². The van der Waals surface area contributed by atoms with Crippen molar-refractivity contribution in [2.75, 3.05) is 13.2 Å². The molecule has 0 aromatic heterocycles. The number of carbonyl (C=O) groups excluding carboxylic acids is 2. The minimum atomic E-state index is -4.52. The number of nitrogens with one attached hydrogen (secondary N) is 2. The normalized spacial score (nSPS) is 10.8. The average molecular weight is 403 g/mol. The number of halogens is 4. The van der Waals surface area contributed by atoms with E-state index in [1.165, 1.54) is 12.1 Å². The second-order valence-electron chi connectivity index (χ2n) is 5.16. The lowest BCUT2D eigenvalue weighted by molar-refractivity contribution is -0.137. The summed E-state index contributed by atoms with van der Waals surface area (Å²) in [4.78, 5) is 23.2. The van der Waals surface area contributed by atoms with E-state index in [0.717, 1.165) is 18.2 Å². The zero-order valence-corrected chi connectivity index (χ0v) is 14.4. The summed E-state index contributed by atoms with van der Waals surface area (Å²) in [5.41, 5.74) is 3.24. The minimum Gasteiger partial charge on any atom is -0.484 e. The molecule has 0 saturated heterocycles. The standard InChI is InChI=1S/C17H14ClF3N2O4/c18-12-4-2-6-14(8-12)27-10-16(25)23-22-15(24)9-26-13-5-1-3-11(7-13)17(19,20)21/h1-8H,9-10H2,(H,22,24)(H,23,25). The van der Waals surface area contributed by atoms with Crippen LogP contribution in [-0.4, -0.2) is 25.0 Å². The van der Waals surface area contributed by atoms with E-state index in [0.29, 0.717) is 10.8 Å². The lowest BCUT2D eigenvalue weighted by Crippen LogP contribution is -2.45. The van der Waals surface area contributed by atoms with Gasteiger partial charge in [0.25, 0.3) is 11.8 Å². The summed E-state index contributed by atoms with van der Waals surface area (Å²) < 4.78 is 47.9. The van der Waals surface area contributed by atoms with E-state index in [4.69, 9.17) is 21.1 Å². The number of rotatable bonds is 6. The molecule has 0 aliphatic rings. The van der Waals surface area contributed by atoms with Crippen molar-refractivity contribution >= 4 is 23.4 Å². The molecule has 0 atom stereocenters. The van der Waals surface area contributed by atoms with Crippen molar-refractivity contribution in [2.24, 2.45) is 0 Å². The molecule has 0 bridgehead atoms. The molecule has 0 saturated carbocycles. The lowest BCUT2D eigenvalue weighted by atomic mass is 10.2. The van der Waals surface area contributed by atoms with Gasteiger partial charge in [-0.05, 0) is 36.4 Å². The highest BCUT2D eigenvalue weighted by atomic mass is 35.5. The highest BCUT2D eigenvalue weighted by molar-refractivity contribution is 6.30. The molecule has 0 radical (unpaired) electrons. The van der Waals surface area contributed by atoms with Gasteiger partial charge in [0.1, 0.15) is 11.5 Å². The molecular formula is C17H14ClF3N2O4. The van der Waals surface area contributed by atoms with Crippen molar-refractivity contribution in [2.45, 2.75) is 6.18 Å². The first kappa shape index (κ1) is 20.4. The number of carbonyl (C=O) groups is 2. The van der Waals surface area contributed by atoms with Crippen LogP contribution in [0.2, 0.25) is 5.02 Å². The van der Waals surface area contributed by atoms with E-state index in [9.17, 15) is 22.8 Å². The Balaban J connectivity index is 1.72. The van der Waals surface area contributed by atoms with Crippen LogP contribution in [0, 0.1) is 0 Å². The first-order valence-corrected chi connectivity index (χ1v) is 7.88. The number of ether oxygens (including phenoxy) is 2. The topological polar surface area (TPSA) is 76.7 Å². The van der Waals surface area contributed by atoms with E-state index >= 15 is 0 Å². The molecule has 0 spiro atoms. The quantitative estimate of drug-likeness (QED) is 0.728. The fraction of sp³-hybridized carbons (Fsp3) is 0.176. The molecule has 27 heavy (non-hydrogen) atoms. The molecule has 2 N–H and O–H groups in total. The largest absolute Gasteiger partial charge is 0.484 e. The van der Waals surface area contributed by atoms with Gasteiger partial charge in [0.05, 0.1) is 5.56 Å². The van der Waals surface area contributed by atoms with Crippen molar-refractivity contribution in [1.29, 1.82) is 0 Å². The van der Waals surface area contributed by atoms with E-state index in [1.807, 2.05) is 0 Å². The summed E-state index contributed by atoms with van der Waals surface area (Å²) in [6.45, 7) is -0.966. The number of benzene rings is 2. The Hall–Kier alpha value is -2.94. The van der Waals surface area contributed by atoms with Crippen LogP contribution in [0.1, 0.15) is 5.56 Å². The number of hydrogen-bond donors (Lipinski definition) is 2. The maximum Gasteiger partial charge on any atom is 0.416 e. The smallest absolute Gasteiger partial charge is 0.416 e. The lowest BCUT2D eigenvalue weighted by Gasteiger charge is -2.11. The van der Waals surface area contributed by atoms with Crippen LogP contribution in [0.3, 0.4) is 0 Å². The van der Waals surface area contributed by atoms with Crippen molar-refractivity contribution in [1.82, 2.24) is 10.9 Å². The van der Waals surface area contributed by atoms with Crippen LogP contribution in [-0.2, 0) is 15.8 Å². The highest BCUT2D eigenvalue weighted by Crippen LogP contribution is 2.31. The third-order valence-corrected chi connectivity index (χ3v) is 3.27. The molecule has 2 amide bonds. The Morgan fingerprint density at radius 3 is 1.93 bits per heavy atom. The van der Waals surface area contributed by atoms with Gasteiger partial charge in [-0.1, -0.05) is 23.7 Å². The van der Waals surface area contributed by atoms with Crippen molar-refractivity contribution in [3.8, 4) is 11.5 Å². The minimum absolute atomic E-state index is 0.129. The van der Waals surface area contributed by atoms with Gasteiger partial charge < -0.3 is 9.47 Å². The van der Waals surface area contributed by atoms with Crippen molar-refractivity contribution in [3.05, 3.63) is 59.1 Å². The van der Waals surface area contributed by atoms with Crippen LogP contribution >= 0.6 is 11.6 Å². The molecule has 6 nitrogen and oxygen atoms in total. The van der Waals surface area contributed by atoms with Crippen molar-refractivity contribution in [3.63, 3.8) is 0 Å². The molecule has 0 aliphatic carbocycles. The van der Waals surface area contributed by atoms with Crippen LogP contribution in [0.4, 0.5) is 13.2 Å². The zero-order chi connectivity index (χ0) is 19.9. The summed E-state index contributed by atoms with van der Waals surface area (Å²) in [7, 11) is 0. The molecule has 0 unspecified atom stereocenters. The predicted octanol–water partition coefficient (Wildman–Crippen LogP) is 2.96. The van der Waals surface area contributed by atoms with Gasteiger partial charge >= 0.3 is 6.18 Å². The summed E-state index contributed by atoms with van der Waals surface area (Å²) in [6, 6.07) is 10.5. The second kappa shape index (κ2) is 9.13. The zero-order valence-electron chi connectivity index (χ0n) is 13.7. The van der Waals surface area contributed by atoms with Gasteiger partial charge in [-0.3, -0.25) is 20.4 Å². The summed E-state index contributed by atoms with van der Waals surface area (Å²) >= 11 is 5.77. The van der Waals surface area contributed by atoms with E-state index in [1.54, 1.807) is 18.2 Å². The number of amides is 2. The molecule has 144 valence electrons. The molecular weight excluding hydrogens is 389 g/mol. The molecule has 0 heterocycles. The van der Waals surface area contributed by atoms with Crippen LogP contribution in [0.5, 0.6) is 11.5 Å². The van der Waals surface area contributed by atoms with Crippen LogP contribution in [0.25, 0.3) is 0 Å². The molecule has 2 aromatic rings. The van der Waals surface area contributed by atoms with Gasteiger partial charge in [-0.15, -0.1) is 0 Å². The van der Waals surface area contributed by atoms with E-state index < -0.39 is 30.2 Å². The second-order valence-corrected chi connectivity index (χ2v) is 5.59. The Kier molecular flexibility index (Phi) is 6.89. The van der Waals surface area contributed by atoms with Crippen LogP contribution in [0.15, 0.2) is 48.5 Å². The van der Waals surface area contributed by atoms with Crippen molar-refractivity contribution < 1.29 is 32.2 Å². The van der Waals surface area contributed by atoms with E-state index in [-0.39, 0.29) is 12.4 Å². The number of hydrogen-bond acceptors (Lipinski definition) is 4. The Labute approximate surface area is 157 Å². The third kappa shape index (κ3) is 7.06. The summed E-state index contributed by atoms with van der Waals surface area (Å²) in [6.07, 6.45) is -4.52. The Morgan fingerprint density at radius 2 is 1.41 bits per heavy atom. The van der Waals surface area contributed by atoms with Gasteiger partial charge in [0.2, 0.25) is 0 Å². The van der Waals surface area contributed by atoms with Gasteiger partial charge in [0, 0.05) is 5.02 Å².